The van der Waals surface area contributed by atoms with Gasteiger partial charge in [-0.2, -0.15) is 0 Å². The van der Waals surface area contributed by atoms with Crippen molar-refractivity contribution in [3.63, 3.8) is 0 Å². The van der Waals surface area contributed by atoms with Crippen molar-refractivity contribution in [1.29, 1.82) is 0 Å². The number of hydrogen-bond donors (Lipinski definition) is 1. The van der Waals surface area contributed by atoms with Gasteiger partial charge in [0.15, 0.2) is 5.82 Å². The lowest BCUT2D eigenvalue weighted by Crippen LogP contribution is -2.11. The first-order valence-corrected chi connectivity index (χ1v) is 11.0. The van der Waals surface area contributed by atoms with Crippen molar-refractivity contribution in [2.24, 2.45) is 0 Å². The average molecular weight is 465 g/mol. The molecule has 1 N–H and O–H groups in total. The number of pyridine rings is 2. The van der Waals surface area contributed by atoms with Gasteiger partial charge in [0.05, 0.1) is 22.2 Å². The van der Waals surface area contributed by atoms with Crippen LogP contribution in [0.3, 0.4) is 0 Å². The predicted octanol–water partition coefficient (Wildman–Crippen LogP) is 5.34. The molecule has 0 saturated carbocycles. The van der Waals surface area contributed by atoms with Crippen LogP contribution in [0.4, 0.5) is 0 Å². The molecule has 0 unspecified atom stereocenters. The van der Waals surface area contributed by atoms with Gasteiger partial charge in [-0.1, -0.05) is 0 Å². The lowest BCUT2D eigenvalue weighted by Gasteiger charge is -2.10. The molecule has 0 radical (unpaired) electrons. The monoisotopic (exact) mass is 464 g/mol. The Kier molecular flexibility index (Phi) is 6.48. The normalized spacial score (nSPS) is 10.9. The molecule has 162 valence electrons. The van der Waals surface area contributed by atoms with Crippen LogP contribution in [0.5, 0.6) is 5.75 Å². The van der Waals surface area contributed by atoms with Crippen LogP contribution in [-0.2, 0) is 6.42 Å². The predicted molar refractivity (Wildman–Crippen MR) is 131 cm³/mol. The number of ether oxygens (including phenoxy) is 1. The maximum Gasteiger partial charge on any atom is 0.259 e. The van der Waals surface area contributed by atoms with Crippen molar-refractivity contribution in [2.45, 2.75) is 19.8 Å². The first kappa shape index (κ1) is 21.9. The van der Waals surface area contributed by atoms with E-state index in [2.05, 4.69) is 15.0 Å². The number of aromatic nitrogens is 4. The second kappa shape index (κ2) is 9.46. The molecule has 5 rings (SSSR count). The Bertz CT molecular complexity index is 1430. The molecule has 1 aromatic carbocycles. The van der Waals surface area contributed by atoms with Crippen molar-refractivity contribution in [3.05, 3.63) is 81.8 Å². The van der Waals surface area contributed by atoms with Crippen LogP contribution in [0.15, 0.2) is 65.2 Å². The quantitative estimate of drug-likeness (QED) is 0.343. The molecule has 0 aliphatic heterocycles. The zero-order chi connectivity index (χ0) is 21.2. The summed E-state index contributed by atoms with van der Waals surface area (Å²) in [5.74, 6) is 1.15. The third kappa shape index (κ3) is 4.49. The van der Waals surface area contributed by atoms with E-state index in [4.69, 9.17) is 9.72 Å². The Hall–Kier alpha value is -3.29. The van der Waals surface area contributed by atoms with Gasteiger partial charge < -0.3 is 9.72 Å². The Morgan fingerprint density at radius 1 is 1.12 bits per heavy atom. The molecule has 0 bridgehead atoms. The topological polar surface area (TPSA) is 80.8 Å². The van der Waals surface area contributed by atoms with Crippen LogP contribution in [0.25, 0.3) is 32.5 Å². The van der Waals surface area contributed by atoms with Crippen molar-refractivity contribution >= 4 is 44.7 Å². The molecule has 0 saturated heterocycles. The van der Waals surface area contributed by atoms with Gasteiger partial charge in [-0.15, -0.1) is 23.7 Å². The molecule has 0 fully saturated rings. The van der Waals surface area contributed by atoms with E-state index in [0.717, 1.165) is 28.5 Å². The summed E-state index contributed by atoms with van der Waals surface area (Å²) in [5.41, 5.74) is 3.25. The maximum atomic E-state index is 12.8. The largest absolute Gasteiger partial charge is 0.494 e. The summed E-state index contributed by atoms with van der Waals surface area (Å²) in [5, 5.41) is 3.63. The number of nitrogens with zero attached hydrogens (tertiary/aromatic N) is 3. The molecule has 0 aliphatic rings. The highest BCUT2D eigenvalue weighted by molar-refractivity contribution is 7.17. The lowest BCUT2D eigenvalue weighted by atomic mass is 10.1. The summed E-state index contributed by atoms with van der Waals surface area (Å²) < 4.78 is 7.02. The summed E-state index contributed by atoms with van der Waals surface area (Å²) in [6.07, 6.45) is 7.21. The van der Waals surface area contributed by atoms with E-state index in [1.54, 1.807) is 29.8 Å². The van der Waals surface area contributed by atoms with E-state index in [0.29, 0.717) is 34.8 Å². The maximum absolute atomic E-state index is 12.8. The van der Waals surface area contributed by atoms with E-state index < -0.39 is 0 Å². The van der Waals surface area contributed by atoms with Crippen LogP contribution in [0.1, 0.15) is 17.5 Å². The Morgan fingerprint density at radius 3 is 2.81 bits per heavy atom. The standard InChI is InChI=1S/C24H20N4O2S.ClH/c1-15-11-18(30-9-2-3-16-4-7-25-8-5-16)13-19-22(15)27-23(28-24(19)29)20-12-17-6-10-31-21(17)14-26-20;/h4-8,10-14H,2-3,9H2,1H3,(H,27,28,29);1H. The number of hydrogen-bond acceptors (Lipinski definition) is 6. The molecule has 0 amide bonds. The Labute approximate surface area is 194 Å². The van der Waals surface area contributed by atoms with Crippen LogP contribution in [0, 0.1) is 6.92 Å². The molecule has 0 spiro atoms. The van der Waals surface area contributed by atoms with Crippen LogP contribution < -0.4 is 10.3 Å². The van der Waals surface area contributed by atoms with Crippen LogP contribution >= 0.6 is 23.7 Å². The summed E-state index contributed by atoms with van der Waals surface area (Å²) in [4.78, 5) is 28.9. The minimum Gasteiger partial charge on any atom is -0.494 e. The summed E-state index contributed by atoms with van der Waals surface area (Å²) in [6.45, 7) is 2.51. The van der Waals surface area contributed by atoms with Gasteiger partial charge >= 0.3 is 0 Å². The molecule has 4 heterocycles. The molecule has 32 heavy (non-hydrogen) atoms. The van der Waals surface area contributed by atoms with Crippen molar-refractivity contribution < 1.29 is 4.74 Å². The van der Waals surface area contributed by atoms with Crippen molar-refractivity contribution in [2.75, 3.05) is 6.61 Å². The minimum absolute atomic E-state index is 0. The van der Waals surface area contributed by atoms with E-state index in [-0.39, 0.29) is 18.0 Å². The first-order chi connectivity index (χ1) is 15.2. The highest BCUT2D eigenvalue weighted by Crippen LogP contribution is 2.26. The minimum atomic E-state index is -0.197. The molecule has 0 atom stereocenters. The van der Waals surface area contributed by atoms with Gasteiger partial charge in [-0.05, 0) is 78.1 Å². The zero-order valence-electron chi connectivity index (χ0n) is 17.4. The molecular formula is C24H21ClN4O2S. The van der Waals surface area contributed by atoms with E-state index in [9.17, 15) is 4.79 Å². The summed E-state index contributed by atoms with van der Waals surface area (Å²) in [6, 6.07) is 11.7. The third-order valence-corrected chi connectivity index (χ3v) is 6.05. The number of H-pyrrole nitrogens is 1. The molecule has 6 nitrogen and oxygen atoms in total. The Morgan fingerprint density at radius 2 is 1.97 bits per heavy atom. The average Bonchev–Trinajstić information content (AvgIpc) is 3.26. The number of rotatable bonds is 6. The van der Waals surface area contributed by atoms with Gasteiger partial charge in [0, 0.05) is 18.6 Å². The van der Waals surface area contributed by atoms with Crippen LogP contribution in [0.2, 0.25) is 0 Å². The molecule has 5 aromatic rings. The molecular weight excluding hydrogens is 444 g/mol. The summed E-state index contributed by atoms with van der Waals surface area (Å²) >= 11 is 1.64. The SMILES string of the molecule is Cc1cc(OCCCc2ccncc2)cc2c(=O)[nH]c(-c3cc4ccsc4cn3)nc12.Cl. The van der Waals surface area contributed by atoms with E-state index in [1.165, 1.54) is 5.56 Å². The number of halogens is 1. The molecule has 4 aromatic heterocycles. The second-order valence-corrected chi connectivity index (χ2v) is 8.33. The van der Waals surface area contributed by atoms with Gasteiger partial charge in [0.2, 0.25) is 0 Å². The van der Waals surface area contributed by atoms with Gasteiger partial charge in [0.1, 0.15) is 11.4 Å². The fourth-order valence-electron chi connectivity index (χ4n) is 3.60. The fourth-order valence-corrected chi connectivity index (χ4v) is 4.34. The molecule has 0 aliphatic carbocycles. The highest BCUT2D eigenvalue weighted by Gasteiger charge is 2.12. The van der Waals surface area contributed by atoms with Crippen LogP contribution in [-0.4, -0.2) is 26.5 Å². The van der Waals surface area contributed by atoms with Gasteiger partial charge in [-0.25, -0.2) is 4.98 Å². The number of aryl methyl sites for hydroxylation is 2. The number of fused-ring (bicyclic) bond motifs is 2. The first-order valence-electron chi connectivity index (χ1n) is 10.1. The molecule has 8 heteroatoms. The second-order valence-electron chi connectivity index (χ2n) is 7.39. The lowest BCUT2D eigenvalue weighted by molar-refractivity contribution is 0.311. The zero-order valence-corrected chi connectivity index (χ0v) is 19.0. The highest BCUT2D eigenvalue weighted by atomic mass is 35.5. The number of aromatic amines is 1. The smallest absolute Gasteiger partial charge is 0.259 e. The Balaban J connectivity index is 0.00000245. The fraction of sp³-hybridized carbons (Fsp3) is 0.167. The van der Waals surface area contributed by atoms with Gasteiger partial charge in [0.25, 0.3) is 5.56 Å². The van der Waals surface area contributed by atoms with Gasteiger partial charge in [-0.3, -0.25) is 14.8 Å². The number of thiophene rings is 1. The van der Waals surface area contributed by atoms with Crippen molar-refractivity contribution in [1.82, 2.24) is 19.9 Å². The van der Waals surface area contributed by atoms with Crippen molar-refractivity contribution in [3.8, 4) is 17.3 Å². The summed E-state index contributed by atoms with van der Waals surface area (Å²) in [7, 11) is 0. The van der Waals surface area contributed by atoms with E-state index >= 15 is 0 Å². The third-order valence-electron chi connectivity index (χ3n) is 5.18. The number of nitrogens with one attached hydrogen (secondary N) is 1. The van der Waals surface area contributed by atoms with E-state index in [1.807, 2.05) is 48.8 Å². The number of benzene rings is 1.